The van der Waals surface area contributed by atoms with Gasteiger partial charge in [0.2, 0.25) is 0 Å². The summed E-state index contributed by atoms with van der Waals surface area (Å²) in [7, 11) is -9.94. The van der Waals surface area contributed by atoms with Crippen molar-refractivity contribution in [1.29, 1.82) is 0 Å². The molecule has 0 aromatic rings. The first kappa shape index (κ1) is 92.2. The van der Waals surface area contributed by atoms with E-state index in [4.69, 9.17) is 37.0 Å². The average Bonchev–Trinajstić information content (AvgIpc) is 1.41. The molecule has 0 saturated heterocycles. The van der Waals surface area contributed by atoms with E-state index in [0.717, 1.165) is 161 Å². The molecule has 3 N–H and O–H groups in total. The lowest BCUT2D eigenvalue weighted by molar-refractivity contribution is -0.161. The van der Waals surface area contributed by atoms with Gasteiger partial charge in [0.1, 0.15) is 19.3 Å². The van der Waals surface area contributed by atoms with Crippen molar-refractivity contribution < 1.29 is 80.2 Å². The van der Waals surface area contributed by atoms with Crippen LogP contribution in [0.25, 0.3) is 0 Å². The monoisotopic (exact) mass is 1390 g/mol. The number of carbonyl (C=O) groups is 4. The summed E-state index contributed by atoms with van der Waals surface area (Å²) in [5.74, 6) is -2.19. The standard InChI is InChI=1S/C77H136O17P2/c1-5-9-13-17-21-25-29-31-33-34-35-36-38-39-43-46-50-54-58-62-75(80)88-68-73(94-77(82)64-60-56-52-48-44-40-37-32-30-26-22-18-14-10-6-2)70-92-96(85,86)90-66-71(78)65-89-95(83,84)91-69-72(93-76(81)63-59-55-51-47-42-28-24-20-16-12-8-4)67-87-74(79)61-57-53-49-45-41-27-23-19-15-11-7-3/h9-10,13-14,21-22,25-26,31-33,35-37,71-73,78H,5-8,11-12,15-20,23-24,27-30,34,38-70H2,1-4H3,(H,83,84)(H,85,86)/b13-9-,14-10-,25-21-,26-22-,33-31-,36-35-,37-32-. The molecule has 0 bridgehead atoms. The zero-order valence-electron chi connectivity index (χ0n) is 60.5. The van der Waals surface area contributed by atoms with Crippen LogP contribution in [0.1, 0.15) is 323 Å². The summed E-state index contributed by atoms with van der Waals surface area (Å²) in [5.41, 5.74) is 0. The zero-order chi connectivity index (χ0) is 70.4. The number of allylic oxidation sites excluding steroid dienone is 14. The van der Waals surface area contributed by atoms with Crippen molar-refractivity contribution in [3.63, 3.8) is 0 Å². The van der Waals surface area contributed by atoms with Crippen LogP contribution in [0.2, 0.25) is 0 Å². The SMILES string of the molecule is CC/C=C\C/C=C\C/C=C\C/C=C\CCCCCCCCC(=O)OCC(COP(=O)(O)OCC(O)COP(=O)(O)OCC(COC(=O)CCCCCCCCCCCCC)OC(=O)CCCCCCCCCCCCC)OC(=O)CCCCCCC/C=C\C/C=C\C/C=C\CC. The Morgan fingerprint density at radius 1 is 0.302 bits per heavy atom. The largest absolute Gasteiger partial charge is 0.472 e. The Balaban J connectivity index is 5.31. The summed E-state index contributed by atoms with van der Waals surface area (Å²) in [5, 5.41) is 10.6. The van der Waals surface area contributed by atoms with Gasteiger partial charge in [-0.3, -0.25) is 37.3 Å². The van der Waals surface area contributed by atoms with E-state index in [1.165, 1.54) is 83.5 Å². The predicted octanol–water partition coefficient (Wildman–Crippen LogP) is 21.4. The third-order valence-electron chi connectivity index (χ3n) is 15.9. The van der Waals surface area contributed by atoms with Crippen molar-refractivity contribution in [1.82, 2.24) is 0 Å². The van der Waals surface area contributed by atoms with Crippen LogP contribution in [0.15, 0.2) is 85.1 Å². The van der Waals surface area contributed by atoms with E-state index < -0.39 is 97.5 Å². The van der Waals surface area contributed by atoms with Gasteiger partial charge in [-0.15, -0.1) is 0 Å². The first-order chi connectivity index (χ1) is 46.7. The van der Waals surface area contributed by atoms with E-state index in [9.17, 15) is 43.2 Å². The van der Waals surface area contributed by atoms with Gasteiger partial charge in [-0.1, -0.05) is 286 Å². The summed E-state index contributed by atoms with van der Waals surface area (Å²) in [6, 6.07) is 0. The molecule has 0 aliphatic carbocycles. The molecule has 19 heteroatoms. The fourth-order valence-electron chi connectivity index (χ4n) is 10.2. The highest BCUT2D eigenvalue weighted by molar-refractivity contribution is 7.47. The van der Waals surface area contributed by atoms with Crippen LogP contribution in [-0.4, -0.2) is 96.7 Å². The number of rotatable bonds is 71. The van der Waals surface area contributed by atoms with Crippen LogP contribution in [0.5, 0.6) is 0 Å². The number of unbranched alkanes of at least 4 members (excludes halogenated alkanes) is 31. The Morgan fingerprint density at radius 3 is 0.833 bits per heavy atom. The van der Waals surface area contributed by atoms with Gasteiger partial charge in [-0.25, -0.2) is 9.13 Å². The molecule has 0 aromatic heterocycles. The Morgan fingerprint density at radius 2 is 0.542 bits per heavy atom. The predicted molar refractivity (Wildman–Crippen MR) is 390 cm³/mol. The number of phosphoric acid groups is 2. The average molecular weight is 1400 g/mol. The molecule has 0 aliphatic heterocycles. The maximum absolute atomic E-state index is 13.1. The molecular formula is C77H136O17P2. The van der Waals surface area contributed by atoms with Crippen molar-refractivity contribution in [2.75, 3.05) is 39.6 Å². The van der Waals surface area contributed by atoms with Gasteiger partial charge in [-0.2, -0.15) is 0 Å². The minimum Gasteiger partial charge on any atom is -0.462 e. The molecule has 0 aliphatic rings. The summed E-state index contributed by atoms with van der Waals surface area (Å²) in [6.45, 7) is 4.63. The van der Waals surface area contributed by atoms with Crippen LogP contribution < -0.4 is 0 Å². The molecule has 96 heavy (non-hydrogen) atoms. The van der Waals surface area contributed by atoms with Gasteiger partial charge in [-0.05, 0) is 96.3 Å². The highest BCUT2D eigenvalue weighted by Gasteiger charge is 2.30. The third-order valence-corrected chi connectivity index (χ3v) is 17.8. The maximum Gasteiger partial charge on any atom is 0.472 e. The third kappa shape index (κ3) is 68.8. The van der Waals surface area contributed by atoms with Gasteiger partial charge in [0.15, 0.2) is 12.2 Å². The second kappa shape index (κ2) is 69.7. The number of aliphatic hydroxyl groups is 1. The van der Waals surface area contributed by atoms with E-state index in [1.807, 2.05) is 0 Å². The molecule has 0 radical (unpaired) electrons. The van der Waals surface area contributed by atoms with Crippen molar-refractivity contribution in [2.45, 2.75) is 341 Å². The zero-order valence-corrected chi connectivity index (χ0v) is 62.3. The molecular weight excluding hydrogens is 1260 g/mol. The molecule has 17 nitrogen and oxygen atoms in total. The Labute approximate surface area is 583 Å². The van der Waals surface area contributed by atoms with Crippen molar-refractivity contribution >= 4 is 39.5 Å². The van der Waals surface area contributed by atoms with Gasteiger partial charge in [0, 0.05) is 25.7 Å². The van der Waals surface area contributed by atoms with Crippen LogP contribution >= 0.6 is 15.6 Å². The number of hydrogen-bond donors (Lipinski definition) is 3. The Kier molecular flexibility index (Phi) is 67.0. The lowest BCUT2D eigenvalue weighted by atomic mass is 10.1. The van der Waals surface area contributed by atoms with E-state index in [-0.39, 0.29) is 25.7 Å². The highest BCUT2D eigenvalue weighted by Crippen LogP contribution is 2.45. The molecule has 556 valence electrons. The highest BCUT2D eigenvalue weighted by atomic mass is 31.2. The topological polar surface area (TPSA) is 237 Å². The number of aliphatic hydroxyl groups excluding tert-OH is 1. The van der Waals surface area contributed by atoms with E-state index in [2.05, 4.69) is 113 Å². The minimum atomic E-state index is -4.98. The number of carbonyl (C=O) groups excluding carboxylic acids is 4. The van der Waals surface area contributed by atoms with Gasteiger partial charge in [0.25, 0.3) is 0 Å². The minimum absolute atomic E-state index is 0.0731. The first-order valence-corrected chi connectivity index (χ1v) is 40.8. The second-order valence-corrected chi connectivity index (χ2v) is 28.1. The Bertz CT molecular complexity index is 2160. The van der Waals surface area contributed by atoms with Crippen molar-refractivity contribution in [3.05, 3.63) is 85.1 Å². The van der Waals surface area contributed by atoms with Crippen LogP contribution in [0.4, 0.5) is 0 Å². The quantitative estimate of drug-likeness (QED) is 0.0169. The van der Waals surface area contributed by atoms with E-state index >= 15 is 0 Å². The smallest absolute Gasteiger partial charge is 0.462 e. The fraction of sp³-hybridized carbons (Fsp3) is 0.766. The molecule has 0 rings (SSSR count). The molecule has 0 aromatic carbocycles. The summed E-state index contributed by atoms with van der Waals surface area (Å²) >= 11 is 0. The number of esters is 4. The first-order valence-electron chi connectivity index (χ1n) is 37.8. The van der Waals surface area contributed by atoms with Crippen molar-refractivity contribution in [3.8, 4) is 0 Å². The maximum atomic E-state index is 13.1. The molecule has 0 heterocycles. The summed E-state index contributed by atoms with van der Waals surface area (Å²) < 4.78 is 68.4. The molecule has 0 amide bonds. The van der Waals surface area contributed by atoms with Gasteiger partial charge >= 0.3 is 39.5 Å². The van der Waals surface area contributed by atoms with E-state index in [1.54, 1.807) is 0 Å². The lowest BCUT2D eigenvalue weighted by Gasteiger charge is -2.21. The number of ether oxygens (including phenoxy) is 4. The molecule has 0 spiro atoms. The molecule has 0 saturated carbocycles. The molecule has 5 atom stereocenters. The van der Waals surface area contributed by atoms with Crippen LogP contribution in [0.3, 0.4) is 0 Å². The second-order valence-electron chi connectivity index (χ2n) is 25.2. The lowest BCUT2D eigenvalue weighted by Crippen LogP contribution is -2.30. The normalized spacial score (nSPS) is 14.4. The van der Waals surface area contributed by atoms with Crippen molar-refractivity contribution in [2.24, 2.45) is 0 Å². The number of hydrogen-bond acceptors (Lipinski definition) is 15. The van der Waals surface area contributed by atoms with Crippen LogP contribution in [-0.2, 0) is 65.4 Å². The summed E-state index contributed by atoms with van der Waals surface area (Å²) in [4.78, 5) is 72.7. The van der Waals surface area contributed by atoms with Crippen LogP contribution in [0, 0.1) is 0 Å². The summed E-state index contributed by atoms with van der Waals surface area (Å²) in [6.07, 6.45) is 70.1. The number of phosphoric ester groups is 2. The fourth-order valence-corrected chi connectivity index (χ4v) is 11.7. The Hall–Kier alpha value is -3.76. The van der Waals surface area contributed by atoms with E-state index in [0.29, 0.717) is 25.7 Å². The van der Waals surface area contributed by atoms with Gasteiger partial charge < -0.3 is 33.8 Å². The molecule has 0 fully saturated rings. The molecule has 5 unspecified atom stereocenters. The van der Waals surface area contributed by atoms with Gasteiger partial charge in [0.05, 0.1) is 26.4 Å².